The highest BCUT2D eigenvalue weighted by molar-refractivity contribution is 6.95. The van der Waals surface area contributed by atoms with Crippen molar-refractivity contribution in [1.29, 1.82) is 0 Å². The van der Waals surface area contributed by atoms with Gasteiger partial charge in [-0.1, -0.05) is 5.16 Å². The molecule has 0 aromatic heterocycles. The molecule has 1 unspecified atom stereocenters. The fraction of sp³-hybridized carbons (Fsp3) is 0.889. The zero-order chi connectivity index (χ0) is 9.97. The van der Waals surface area contributed by atoms with Gasteiger partial charge in [0.2, 0.25) is 4.63 Å². The van der Waals surface area contributed by atoms with Gasteiger partial charge in [0.15, 0.2) is 0 Å². The van der Waals surface area contributed by atoms with Gasteiger partial charge in [-0.2, -0.15) is 0 Å². The third-order valence-corrected chi connectivity index (χ3v) is 3.35. The van der Waals surface area contributed by atoms with E-state index in [-0.39, 0.29) is 4.63 Å². The summed E-state index contributed by atoms with van der Waals surface area (Å²) < 4.78 is -0.0497. The lowest BCUT2D eigenvalue weighted by atomic mass is 9.80. The number of piperidine rings is 3. The molecule has 14 heavy (non-hydrogen) atoms. The summed E-state index contributed by atoms with van der Waals surface area (Å²) >= 11 is 10.7. The summed E-state index contributed by atoms with van der Waals surface area (Å²) in [7, 11) is 0. The first kappa shape index (κ1) is 10.5. The maximum atomic E-state index is 5.35. The monoisotopic (exact) mass is 236 g/mol. The molecule has 3 aliphatic heterocycles. The summed E-state index contributed by atoms with van der Waals surface area (Å²) in [6.07, 6.45) is 2.60. The van der Waals surface area contributed by atoms with Gasteiger partial charge in [0.1, 0.15) is 6.61 Å². The summed E-state index contributed by atoms with van der Waals surface area (Å²) in [4.78, 5) is 7.57. The van der Waals surface area contributed by atoms with E-state index in [0.29, 0.717) is 12.5 Å². The van der Waals surface area contributed by atoms with Crippen LogP contribution >= 0.6 is 23.2 Å². The average Bonchev–Trinajstić information content (AvgIpc) is 2.19. The lowest BCUT2D eigenvalue weighted by molar-refractivity contribution is -0.00532. The summed E-state index contributed by atoms with van der Waals surface area (Å²) in [6.45, 7) is 4.28. The molecule has 0 radical (unpaired) electrons. The van der Waals surface area contributed by atoms with Crippen molar-refractivity contribution in [2.24, 2.45) is 17.0 Å². The standard InChI is InChI=1S/C9H14Cl2N2O/c10-9(11)12-14-6-8-5-13-3-1-7(8)2-4-13/h7-8H,1-6H2. The summed E-state index contributed by atoms with van der Waals surface area (Å²) in [6, 6.07) is 0. The van der Waals surface area contributed by atoms with Crippen LogP contribution in [0, 0.1) is 11.8 Å². The zero-order valence-electron chi connectivity index (χ0n) is 7.96. The SMILES string of the molecule is ClC(Cl)=NOCC1CN2CCC1CC2. The van der Waals surface area contributed by atoms with Gasteiger partial charge in [0.25, 0.3) is 0 Å². The first-order chi connectivity index (χ1) is 6.75. The van der Waals surface area contributed by atoms with Crippen LogP contribution in [-0.2, 0) is 4.84 Å². The van der Waals surface area contributed by atoms with Gasteiger partial charge in [-0.25, -0.2) is 0 Å². The Morgan fingerprint density at radius 2 is 2.07 bits per heavy atom. The molecular weight excluding hydrogens is 223 g/mol. The topological polar surface area (TPSA) is 24.8 Å². The number of oxime groups is 1. The van der Waals surface area contributed by atoms with Gasteiger partial charge in [-0.15, -0.1) is 0 Å². The molecule has 0 amide bonds. The third kappa shape index (κ3) is 2.53. The second-order valence-electron chi connectivity index (χ2n) is 4.03. The van der Waals surface area contributed by atoms with Crippen LogP contribution < -0.4 is 0 Å². The van der Waals surface area contributed by atoms with Crippen LogP contribution in [0.2, 0.25) is 0 Å². The van der Waals surface area contributed by atoms with Crippen LogP contribution in [-0.4, -0.2) is 35.8 Å². The molecule has 2 bridgehead atoms. The minimum absolute atomic E-state index is 0.0497. The van der Waals surface area contributed by atoms with Crippen molar-refractivity contribution >= 4 is 27.8 Å². The van der Waals surface area contributed by atoms with Gasteiger partial charge in [-0.3, -0.25) is 0 Å². The van der Waals surface area contributed by atoms with Gasteiger partial charge in [0.05, 0.1) is 0 Å². The zero-order valence-corrected chi connectivity index (χ0v) is 9.47. The molecule has 3 nitrogen and oxygen atoms in total. The van der Waals surface area contributed by atoms with E-state index in [0.717, 1.165) is 12.5 Å². The Morgan fingerprint density at radius 3 is 2.57 bits per heavy atom. The van der Waals surface area contributed by atoms with Crippen LogP contribution in [0.3, 0.4) is 0 Å². The van der Waals surface area contributed by atoms with Crippen LogP contribution in [0.15, 0.2) is 5.16 Å². The first-order valence-electron chi connectivity index (χ1n) is 4.99. The van der Waals surface area contributed by atoms with E-state index in [4.69, 9.17) is 28.0 Å². The molecule has 3 fully saturated rings. The highest BCUT2D eigenvalue weighted by Gasteiger charge is 2.34. The molecule has 0 aliphatic carbocycles. The highest BCUT2D eigenvalue weighted by Crippen LogP contribution is 2.32. The molecule has 3 heterocycles. The largest absolute Gasteiger partial charge is 0.394 e. The maximum absolute atomic E-state index is 5.35. The van der Waals surface area contributed by atoms with Crippen LogP contribution in [0.5, 0.6) is 0 Å². The van der Waals surface area contributed by atoms with Crippen LogP contribution in [0.4, 0.5) is 0 Å². The van der Waals surface area contributed by atoms with Crippen molar-refractivity contribution in [3.63, 3.8) is 0 Å². The average molecular weight is 237 g/mol. The number of fused-ring (bicyclic) bond motifs is 3. The quantitative estimate of drug-likeness (QED) is 0.554. The fourth-order valence-corrected chi connectivity index (χ4v) is 2.56. The van der Waals surface area contributed by atoms with E-state index in [2.05, 4.69) is 10.1 Å². The predicted molar refractivity (Wildman–Crippen MR) is 57.7 cm³/mol. The van der Waals surface area contributed by atoms with Crippen molar-refractivity contribution in [3.05, 3.63) is 0 Å². The molecule has 0 aromatic rings. The first-order valence-corrected chi connectivity index (χ1v) is 5.74. The third-order valence-electron chi connectivity index (χ3n) is 3.21. The lowest BCUT2D eigenvalue weighted by Gasteiger charge is -2.44. The number of rotatable bonds is 3. The number of hydrogen-bond acceptors (Lipinski definition) is 3. The minimum atomic E-state index is -0.0497. The summed E-state index contributed by atoms with van der Waals surface area (Å²) in [5, 5.41) is 3.53. The molecule has 0 aromatic carbocycles. The summed E-state index contributed by atoms with van der Waals surface area (Å²) in [5.41, 5.74) is 0. The Hall–Kier alpha value is 0.01000. The van der Waals surface area contributed by atoms with E-state index in [1.807, 2.05) is 0 Å². The van der Waals surface area contributed by atoms with Crippen molar-refractivity contribution in [3.8, 4) is 0 Å². The van der Waals surface area contributed by atoms with E-state index in [1.54, 1.807) is 0 Å². The van der Waals surface area contributed by atoms with Crippen molar-refractivity contribution in [1.82, 2.24) is 4.90 Å². The molecule has 3 rings (SSSR count). The van der Waals surface area contributed by atoms with Crippen molar-refractivity contribution in [2.45, 2.75) is 12.8 Å². The number of halogens is 2. The summed E-state index contributed by atoms with van der Waals surface area (Å²) in [5.74, 6) is 1.42. The van der Waals surface area contributed by atoms with Gasteiger partial charge >= 0.3 is 0 Å². The second kappa shape index (κ2) is 4.69. The van der Waals surface area contributed by atoms with Crippen LogP contribution in [0.1, 0.15) is 12.8 Å². The molecule has 3 aliphatic rings. The molecule has 1 atom stereocenters. The molecule has 80 valence electrons. The van der Waals surface area contributed by atoms with E-state index < -0.39 is 0 Å². The van der Waals surface area contributed by atoms with Gasteiger partial charge in [0, 0.05) is 12.5 Å². The highest BCUT2D eigenvalue weighted by atomic mass is 35.5. The molecule has 0 saturated carbocycles. The van der Waals surface area contributed by atoms with Crippen LogP contribution in [0.25, 0.3) is 0 Å². The smallest absolute Gasteiger partial charge is 0.235 e. The molecule has 3 saturated heterocycles. The normalized spacial score (nSPS) is 35.4. The van der Waals surface area contributed by atoms with Crippen molar-refractivity contribution in [2.75, 3.05) is 26.2 Å². The Kier molecular flexibility index (Phi) is 3.52. The fourth-order valence-electron chi connectivity index (χ4n) is 2.46. The predicted octanol–water partition coefficient (Wildman–Crippen LogP) is 2.09. The Balaban J connectivity index is 1.78. The minimum Gasteiger partial charge on any atom is -0.394 e. The Bertz CT molecular complexity index is 223. The van der Waals surface area contributed by atoms with Crippen molar-refractivity contribution < 1.29 is 4.84 Å². The Labute approximate surface area is 94.0 Å². The second-order valence-corrected chi connectivity index (χ2v) is 4.94. The molecule has 0 spiro atoms. The van der Waals surface area contributed by atoms with E-state index in [9.17, 15) is 0 Å². The van der Waals surface area contributed by atoms with Gasteiger partial charge in [-0.05, 0) is 55.1 Å². The molecular formula is C9H14Cl2N2O. The van der Waals surface area contributed by atoms with E-state index in [1.165, 1.54) is 25.9 Å². The van der Waals surface area contributed by atoms with E-state index >= 15 is 0 Å². The molecule has 5 heteroatoms. The maximum Gasteiger partial charge on any atom is 0.235 e. The number of hydrogen-bond donors (Lipinski definition) is 0. The van der Waals surface area contributed by atoms with Gasteiger partial charge < -0.3 is 9.74 Å². The lowest BCUT2D eigenvalue weighted by Crippen LogP contribution is -2.48. The molecule has 0 N–H and O–H groups in total. The Morgan fingerprint density at radius 1 is 1.36 bits per heavy atom. The number of nitrogens with zero attached hydrogens (tertiary/aromatic N) is 2.